The van der Waals surface area contributed by atoms with Crippen LogP contribution in [0.2, 0.25) is 0 Å². The van der Waals surface area contributed by atoms with Crippen LogP contribution in [0.15, 0.2) is 67.3 Å². The summed E-state index contributed by atoms with van der Waals surface area (Å²) in [4.78, 5) is 15.0. The lowest BCUT2D eigenvalue weighted by Gasteiger charge is -2.12. The molecule has 2 heterocycles. The average Bonchev–Trinajstić information content (AvgIpc) is 3.10. The number of imidazole rings is 1. The van der Waals surface area contributed by atoms with Gasteiger partial charge in [-0.05, 0) is 34.9 Å². The minimum absolute atomic E-state index is 0.257. The molecule has 0 saturated heterocycles. The van der Waals surface area contributed by atoms with Gasteiger partial charge < -0.3 is 19.1 Å². The molecule has 0 spiro atoms. The van der Waals surface area contributed by atoms with E-state index >= 15 is 0 Å². The first-order chi connectivity index (χ1) is 12.7. The van der Waals surface area contributed by atoms with Crippen molar-refractivity contribution >= 4 is 11.7 Å². The maximum absolute atomic E-state index is 10.9. The number of aromatic nitrogens is 2. The highest BCUT2D eigenvalue weighted by molar-refractivity contribution is 5.85. The third-order valence-corrected chi connectivity index (χ3v) is 4.20. The van der Waals surface area contributed by atoms with E-state index in [2.05, 4.69) is 11.1 Å². The Kier molecular flexibility index (Phi) is 4.15. The molecule has 1 N–H and O–H groups in total. The van der Waals surface area contributed by atoms with Crippen molar-refractivity contribution in [2.24, 2.45) is 0 Å². The molecule has 0 atom stereocenters. The van der Waals surface area contributed by atoms with E-state index in [1.54, 1.807) is 30.7 Å². The molecule has 1 aromatic heterocycles. The fourth-order valence-electron chi connectivity index (χ4n) is 3.03. The van der Waals surface area contributed by atoms with Gasteiger partial charge in [-0.15, -0.1) is 0 Å². The summed E-state index contributed by atoms with van der Waals surface area (Å²) >= 11 is 0. The smallest absolute Gasteiger partial charge is 0.488 e. The van der Waals surface area contributed by atoms with E-state index in [0.717, 1.165) is 22.3 Å². The summed E-state index contributed by atoms with van der Waals surface area (Å²) in [5.41, 5.74) is 3.89. The predicted octanol–water partition coefficient (Wildman–Crippen LogP) is 3.96. The highest BCUT2D eigenvalue weighted by atomic mass is 16.7. The second-order valence-electron chi connectivity index (χ2n) is 5.85. The molecule has 0 aliphatic carbocycles. The molecule has 6 heteroatoms. The molecule has 0 amide bonds. The molecule has 2 aromatic carbocycles. The van der Waals surface area contributed by atoms with Crippen LogP contribution < -0.4 is 9.47 Å². The molecular weight excluding hydrogens is 332 g/mol. The summed E-state index contributed by atoms with van der Waals surface area (Å²) in [6, 6.07) is 13.1. The average molecular weight is 348 g/mol. The van der Waals surface area contributed by atoms with Gasteiger partial charge in [-0.3, -0.25) is 0 Å². The molecule has 0 bridgehead atoms. The Bertz CT molecular complexity index is 977. The zero-order valence-electron chi connectivity index (χ0n) is 13.8. The third-order valence-electron chi connectivity index (χ3n) is 4.20. The Hall–Kier alpha value is -3.54. The molecule has 130 valence electrons. The fourth-order valence-corrected chi connectivity index (χ4v) is 3.03. The quantitative estimate of drug-likeness (QED) is 0.573. The zero-order valence-corrected chi connectivity index (χ0v) is 13.8. The zero-order chi connectivity index (χ0) is 17.9. The second-order valence-corrected chi connectivity index (χ2v) is 5.85. The van der Waals surface area contributed by atoms with E-state index in [1.807, 2.05) is 35.0 Å². The van der Waals surface area contributed by atoms with Gasteiger partial charge in [-0.1, -0.05) is 30.3 Å². The number of carboxylic acid groups (broad SMARTS) is 1. The highest BCUT2D eigenvalue weighted by Crippen LogP contribution is 2.38. The van der Waals surface area contributed by atoms with Crippen molar-refractivity contribution in [2.45, 2.75) is 13.2 Å². The number of benzene rings is 2. The van der Waals surface area contributed by atoms with Gasteiger partial charge in [0.1, 0.15) is 18.1 Å². The summed E-state index contributed by atoms with van der Waals surface area (Å²) in [6.45, 7) is 1.08. The largest absolute Gasteiger partial charge is 0.511 e. The molecule has 4 rings (SSSR count). The Morgan fingerprint density at radius 1 is 1.27 bits per heavy atom. The van der Waals surface area contributed by atoms with Crippen LogP contribution in [0.3, 0.4) is 0 Å². The van der Waals surface area contributed by atoms with Gasteiger partial charge in [0.25, 0.3) is 0 Å². The number of hydrogen-bond acceptors (Lipinski definition) is 4. The molecule has 6 nitrogen and oxygen atoms in total. The minimum Gasteiger partial charge on any atom is -0.488 e. The number of rotatable bonds is 3. The number of fused-ring (bicyclic) bond motifs is 2. The number of carbonyl (C=O) groups is 1. The molecule has 0 radical (unpaired) electrons. The molecular formula is C20H16N2O4. The summed E-state index contributed by atoms with van der Waals surface area (Å²) in [7, 11) is 0. The lowest BCUT2D eigenvalue weighted by atomic mass is 9.94. The Balaban J connectivity index is 1.83. The molecule has 3 aromatic rings. The van der Waals surface area contributed by atoms with Gasteiger partial charge in [0.15, 0.2) is 0 Å². The maximum Gasteiger partial charge on any atom is 0.511 e. The lowest BCUT2D eigenvalue weighted by molar-refractivity contribution is 0.144. The third kappa shape index (κ3) is 3.17. The predicted molar refractivity (Wildman–Crippen MR) is 95.2 cm³/mol. The topological polar surface area (TPSA) is 73.6 Å². The van der Waals surface area contributed by atoms with E-state index in [9.17, 15) is 4.79 Å². The van der Waals surface area contributed by atoms with Crippen molar-refractivity contribution in [1.29, 1.82) is 0 Å². The molecule has 1 aliphatic heterocycles. The van der Waals surface area contributed by atoms with Crippen molar-refractivity contribution in [3.63, 3.8) is 0 Å². The van der Waals surface area contributed by atoms with E-state index in [1.165, 1.54) is 0 Å². The molecule has 26 heavy (non-hydrogen) atoms. The van der Waals surface area contributed by atoms with Gasteiger partial charge in [-0.25, -0.2) is 9.78 Å². The minimum atomic E-state index is -1.34. The fraction of sp³-hybridized carbons (Fsp3) is 0.100. The lowest BCUT2D eigenvalue weighted by Crippen LogP contribution is -2.03. The molecule has 0 fully saturated rings. The van der Waals surface area contributed by atoms with Gasteiger partial charge in [0.05, 0.1) is 6.33 Å². The number of ether oxygens (including phenoxy) is 2. The standard InChI is InChI=1S/C20H16N2O4/c23-20(24)26-15-5-6-19-18(11-15)17(7-9-22-10-8-21-13-22)16-4-2-1-3-14(16)12-25-19/h1-8,10-11,13H,9,12H2,(H,23,24). The summed E-state index contributed by atoms with van der Waals surface area (Å²) in [5.74, 6) is 0.948. The summed E-state index contributed by atoms with van der Waals surface area (Å²) in [5, 5.41) is 8.90. The van der Waals surface area contributed by atoms with Crippen LogP contribution in [0, 0.1) is 0 Å². The van der Waals surface area contributed by atoms with Crippen LogP contribution in [0.1, 0.15) is 16.7 Å². The Labute approximate surface area is 149 Å². The number of nitrogens with zero attached hydrogens (tertiary/aromatic N) is 2. The Morgan fingerprint density at radius 3 is 2.96 bits per heavy atom. The van der Waals surface area contributed by atoms with Crippen molar-refractivity contribution in [1.82, 2.24) is 9.55 Å². The van der Waals surface area contributed by atoms with Crippen LogP contribution in [0.4, 0.5) is 4.79 Å². The van der Waals surface area contributed by atoms with Crippen LogP contribution in [-0.4, -0.2) is 20.8 Å². The van der Waals surface area contributed by atoms with Gasteiger partial charge in [0, 0.05) is 24.5 Å². The van der Waals surface area contributed by atoms with Crippen LogP contribution in [0.5, 0.6) is 11.5 Å². The second kappa shape index (κ2) is 6.76. The first-order valence-electron chi connectivity index (χ1n) is 8.13. The van der Waals surface area contributed by atoms with E-state index in [0.29, 0.717) is 18.9 Å². The van der Waals surface area contributed by atoms with Crippen molar-refractivity contribution in [3.05, 3.63) is 84.0 Å². The normalized spacial score (nSPS) is 14.1. The number of hydrogen-bond donors (Lipinski definition) is 1. The van der Waals surface area contributed by atoms with Crippen LogP contribution in [-0.2, 0) is 13.2 Å². The van der Waals surface area contributed by atoms with Gasteiger partial charge in [-0.2, -0.15) is 0 Å². The summed E-state index contributed by atoms with van der Waals surface area (Å²) < 4.78 is 12.7. The van der Waals surface area contributed by atoms with Gasteiger partial charge >= 0.3 is 6.16 Å². The Morgan fingerprint density at radius 2 is 2.15 bits per heavy atom. The van der Waals surface area contributed by atoms with Crippen molar-refractivity contribution in [3.8, 4) is 11.5 Å². The van der Waals surface area contributed by atoms with Crippen molar-refractivity contribution in [2.75, 3.05) is 0 Å². The van der Waals surface area contributed by atoms with E-state index in [4.69, 9.17) is 14.6 Å². The molecule has 0 saturated carbocycles. The monoisotopic (exact) mass is 348 g/mol. The van der Waals surface area contributed by atoms with Crippen LogP contribution >= 0.6 is 0 Å². The van der Waals surface area contributed by atoms with E-state index in [-0.39, 0.29) is 5.75 Å². The maximum atomic E-state index is 10.9. The molecule has 1 aliphatic rings. The SMILES string of the molecule is O=C(O)Oc1ccc2c(c1)C(=CCn1ccnc1)c1ccccc1CO2. The first-order valence-corrected chi connectivity index (χ1v) is 8.13. The van der Waals surface area contributed by atoms with Crippen LogP contribution in [0.25, 0.3) is 5.57 Å². The van der Waals surface area contributed by atoms with Gasteiger partial charge in [0.2, 0.25) is 0 Å². The highest BCUT2D eigenvalue weighted by Gasteiger charge is 2.20. The molecule has 0 unspecified atom stereocenters. The van der Waals surface area contributed by atoms with Crippen molar-refractivity contribution < 1.29 is 19.4 Å². The first kappa shape index (κ1) is 16.0. The number of allylic oxidation sites excluding steroid dienone is 1. The van der Waals surface area contributed by atoms with E-state index < -0.39 is 6.16 Å². The summed E-state index contributed by atoms with van der Waals surface area (Å²) in [6.07, 6.45) is 6.11.